The molecule has 16 heavy (non-hydrogen) atoms. The Bertz CT molecular complexity index is 368. The van der Waals surface area contributed by atoms with Crippen molar-refractivity contribution in [3.8, 4) is 0 Å². The van der Waals surface area contributed by atoms with Crippen LogP contribution in [-0.2, 0) is 9.47 Å². The van der Waals surface area contributed by atoms with Crippen molar-refractivity contribution in [1.29, 1.82) is 0 Å². The van der Waals surface area contributed by atoms with Gasteiger partial charge in [0.15, 0.2) is 18.2 Å². The number of hydrogen-bond acceptors (Lipinski definition) is 6. The molecule has 0 bridgehead atoms. The summed E-state index contributed by atoms with van der Waals surface area (Å²) in [4.78, 5) is 1.89. The molecule has 0 aromatic carbocycles. The van der Waals surface area contributed by atoms with E-state index in [-0.39, 0.29) is 12.8 Å². The highest BCUT2D eigenvalue weighted by Crippen LogP contribution is 2.37. The van der Waals surface area contributed by atoms with Crippen LogP contribution in [-0.4, -0.2) is 52.8 Å². The second-order valence-corrected chi connectivity index (χ2v) is 4.16. The Morgan fingerprint density at radius 1 is 1.56 bits per heavy atom. The van der Waals surface area contributed by atoms with E-state index >= 15 is 0 Å². The third-order valence-corrected chi connectivity index (χ3v) is 3.15. The zero-order valence-corrected chi connectivity index (χ0v) is 8.61. The molecule has 6 nitrogen and oxygen atoms in total. The Labute approximate surface area is 92.5 Å². The Hall–Kier alpha value is -1.24. The minimum absolute atomic E-state index is 0.206. The van der Waals surface area contributed by atoms with Gasteiger partial charge in [-0.2, -0.15) is 0 Å². The maximum absolute atomic E-state index is 9.86. The first kappa shape index (κ1) is 9.95. The summed E-state index contributed by atoms with van der Waals surface area (Å²) in [6.07, 6.45) is 1.43. The summed E-state index contributed by atoms with van der Waals surface area (Å²) in [6, 6.07) is 0. The summed E-state index contributed by atoms with van der Waals surface area (Å²) in [5, 5.41) is 18.9. The van der Waals surface area contributed by atoms with E-state index < -0.39 is 18.3 Å². The molecule has 6 heteroatoms. The molecule has 3 aliphatic rings. The monoisotopic (exact) mass is 226 g/mol. The maximum atomic E-state index is 9.86. The number of nitrogens with zero attached hydrogens (tertiary/aromatic N) is 1. The van der Waals surface area contributed by atoms with Crippen LogP contribution in [0, 0.1) is 0 Å². The van der Waals surface area contributed by atoms with Gasteiger partial charge in [0.1, 0.15) is 12.2 Å². The van der Waals surface area contributed by atoms with Crippen molar-refractivity contribution >= 4 is 0 Å². The van der Waals surface area contributed by atoms with Gasteiger partial charge < -0.3 is 30.3 Å². The molecule has 0 radical (unpaired) electrons. The lowest BCUT2D eigenvalue weighted by atomic mass is 10.1. The van der Waals surface area contributed by atoms with Crippen LogP contribution in [0.15, 0.2) is 23.7 Å². The van der Waals surface area contributed by atoms with Crippen molar-refractivity contribution in [3.05, 3.63) is 23.7 Å². The van der Waals surface area contributed by atoms with Crippen LogP contribution in [0.5, 0.6) is 0 Å². The number of ether oxygens (including phenoxy) is 2. The number of aliphatic hydroxyl groups is 2. The fourth-order valence-corrected chi connectivity index (χ4v) is 2.30. The van der Waals surface area contributed by atoms with Crippen LogP contribution in [0.3, 0.4) is 0 Å². The summed E-state index contributed by atoms with van der Waals surface area (Å²) in [6.45, 7) is 0.395. The van der Waals surface area contributed by atoms with E-state index in [4.69, 9.17) is 20.3 Å². The summed E-state index contributed by atoms with van der Waals surface area (Å²) < 4.78 is 11.1. The van der Waals surface area contributed by atoms with E-state index in [1.54, 1.807) is 6.08 Å². The molecule has 2 saturated heterocycles. The lowest BCUT2D eigenvalue weighted by Gasteiger charge is -2.25. The van der Waals surface area contributed by atoms with Gasteiger partial charge in [-0.3, -0.25) is 0 Å². The number of rotatable bonds is 1. The van der Waals surface area contributed by atoms with E-state index in [1.807, 2.05) is 11.0 Å². The van der Waals surface area contributed by atoms with Crippen LogP contribution >= 0.6 is 0 Å². The van der Waals surface area contributed by atoms with E-state index in [0.717, 1.165) is 0 Å². The highest BCUT2D eigenvalue weighted by molar-refractivity contribution is 5.25. The first-order valence-corrected chi connectivity index (χ1v) is 5.25. The van der Waals surface area contributed by atoms with Gasteiger partial charge in [0.2, 0.25) is 0 Å². The third kappa shape index (κ3) is 1.24. The van der Waals surface area contributed by atoms with Gasteiger partial charge in [0.25, 0.3) is 0 Å². The minimum Gasteiger partial charge on any atom is -0.468 e. The molecule has 3 aliphatic heterocycles. The first-order valence-electron chi connectivity index (χ1n) is 5.25. The van der Waals surface area contributed by atoms with E-state index in [1.165, 1.54) is 0 Å². The van der Waals surface area contributed by atoms with Crippen molar-refractivity contribution in [1.82, 2.24) is 4.90 Å². The van der Waals surface area contributed by atoms with Gasteiger partial charge in [-0.25, -0.2) is 0 Å². The summed E-state index contributed by atoms with van der Waals surface area (Å²) >= 11 is 0. The lowest BCUT2D eigenvalue weighted by Crippen LogP contribution is -2.35. The van der Waals surface area contributed by atoms with Gasteiger partial charge >= 0.3 is 0 Å². The fourth-order valence-electron chi connectivity index (χ4n) is 2.30. The zero-order chi connectivity index (χ0) is 11.3. The fraction of sp³-hybridized carbons (Fsp3) is 0.600. The van der Waals surface area contributed by atoms with Crippen LogP contribution in [0.25, 0.3) is 0 Å². The highest BCUT2D eigenvalue weighted by Gasteiger charge is 2.53. The molecule has 3 heterocycles. The number of aliphatic hydroxyl groups excluding tert-OH is 2. The number of hydrogen-bond donors (Lipinski definition) is 3. The molecule has 0 amide bonds. The molecule has 0 aromatic heterocycles. The molecule has 1 unspecified atom stereocenters. The standard InChI is InChI=1S/C10H14N2O4/c11-5-1-2-12-7(3-5)16-9-8(14)6(4-13)15-10(9)12/h1,3,6,8-10,13-14H,2,4,11H2/t6-,8+,9?,10-/m1/s1. The third-order valence-electron chi connectivity index (χ3n) is 3.15. The van der Waals surface area contributed by atoms with Gasteiger partial charge in [-0.05, 0) is 6.08 Å². The number of nitrogens with two attached hydrogens (primary N) is 1. The molecule has 0 spiro atoms. The Morgan fingerprint density at radius 3 is 3.12 bits per heavy atom. The second-order valence-electron chi connectivity index (χ2n) is 4.16. The maximum Gasteiger partial charge on any atom is 0.194 e. The largest absolute Gasteiger partial charge is 0.468 e. The predicted molar refractivity (Wildman–Crippen MR) is 53.7 cm³/mol. The Balaban J connectivity index is 1.84. The minimum atomic E-state index is -0.803. The smallest absolute Gasteiger partial charge is 0.194 e. The van der Waals surface area contributed by atoms with Gasteiger partial charge in [-0.15, -0.1) is 0 Å². The first-order chi connectivity index (χ1) is 7.70. The molecule has 0 aromatic rings. The van der Waals surface area contributed by atoms with Crippen LogP contribution in [0.2, 0.25) is 0 Å². The van der Waals surface area contributed by atoms with Crippen LogP contribution < -0.4 is 5.73 Å². The second kappa shape index (κ2) is 3.38. The quantitative estimate of drug-likeness (QED) is 0.502. The van der Waals surface area contributed by atoms with E-state index in [2.05, 4.69) is 0 Å². The van der Waals surface area contributed by atoms with Gasteiger partial charge in [0.05, 0.1) is 6.61 Å². The highest BCUT2D eigenvalue weighted by atomic mass is 16.6. The molecule has 0 saturated carbocycles. The van der Waals surface area contributed by atoms with Crippen molar-refractivity contribution in [2.24, 2.45) is 5.73 Å². The zero-order valence-electron chi connectivity index (χ0n) is 8.61. The van der Waals surface area contributed by atoms with Crippen molar-refractivity contribution in [2.45, 2.75) is 24.5 Å². The normalized spacial score (nSPS) is 41.0. The van der Waals surface area contributed by atoms with Crippen LogP contribution in [0.1, 0.15) is 0 Å². The van der Waals surface area contributed by atoms with Crippen molar-refractivity contribution in [2.75, 3.05) is 13.2 Å². The molecule has 0 aliphatic carbocycles. The molecule has 2 fully saturated rings. The SMILES string of the molecule is NC1=CCN2C(=C1)OC1[C@@H](O)[C@@H](CO)O[C@H]12. The molecule has 4 N–H and O–H groups in total. The van der Waals surface area contributed by atoms with Crippen LogP contribution in [0.4, 0.5) is 0 Å². The van der Waals surface area contributed by atoms with Gasteiger partial charge in [0, 0.05) is 18.3 Å². The summed E-state index contributed by atoms with van der Waals surface area (Å²) in [7, 11) is 0. The Morgan fingerprint density at radius 2 is 2.38 bits per heavy atom. The van der Waals surface area contributed by atoms with Gasteiger partial charge in [-0.1, -0.05) is 0 Å². The van der Waals surface area contributed by atoms with Crippen molar-refractivity contribution in [3.63, 3.8) is 0 Å². The number of fused-ring (bicyclic) bond motifs is 3. The molecule has 88 valence electrons. The average molecular weight is 226 g/mol. The molecular formula is C10H14N2O4. The van der Waals surface area contributed by atoms with Crippen molar-refractivity contribution < 1.29 is 19.7 Å². The summed E-state index contributed by atoms with van der Waals surface area (Å²) in [5.74, 6) is 0.630. The molecule has 4 atom stereocenters. The van der Waals surface area contributed by atoms with E-state index in [9.17, 15) is 5.11 Å². The Kier molecular flexibility index (Phi) is 2.10. The average Bonchev–Trinajstić information content (AvgIpc) is 2.75. The summed E-state index contributed by atoms with van der Waals surface area (Å²) in [5.41, 5.74) is 6.32. The van der Waals surface area contributed by atoms with E-state index in [0.29, 0.717) is 18.1 Å². The predicted octanol–water partition coefficient (Wildman–Crippen LogP) is -1.54. The lowest BCUT2D eigenvalue weighted by molar-refractivity contribution is -0.0641. The molecule has 3 rings (SSSR count). The topological polar surface area (TPSA) is 88.2 Å². The molecular weight excluding hydrogens is 212 g/mol. The number of allylic oxidation sites excluding steroid dienone is 1.